The summed E-state index contributed by atoms with van der Waals surface area (Å²) in [5.41, 5.74) is 0.309. The predicted octanol–water partition coefficient (Wildman–Crippen LogP) is 2.80. The van der Waals surface area contributed by atoms with Crippen molar-refractivity contribution in [3.8, 4) is 0 Å². The van der Waals surface area contributed by atoms with E-state index in [4.69, 9.17) is 0 Å². The first-order chi connectivity index (χ1) is 11.5. The Labute approximate surface area is 144 Å². The first-order valence-electron chi connectivity index (χ1n) is 8.16. The van der Waals surface area contributed by atoms with Gasteiger partial charge in [-0.05, 0) is 25.8 Å². The lowest BCUT2D eigenvalue weighted by Gasteiger charge is -2.28. The lowest BCUT2D eigenvalue weighted by atomic mass is 10.2. The minimum atomic E-state index is -0.645. The van der Waals surface area contributed by atoms with Gasteiger partial charge in [-0.15, -0.1) is 11.8 Å². The topological polar surface area (TPSA) is 40.6 Å². The number of carbonyl (C=O) groups is 2. The number of benzene rings is 1. The van der Waals surface area contributed by atoms with Crippen LogP contribution in [0.15, 0.2) is 18.2 Å². The molecule has 4 nitrogen and oxygen atoms in total. The van der Waals surface area contributed by atoms with Crippen LogP contribution in [0.1, 0.15) is 30.7 Å². The van der Waals surface area contributed by atoms with Gasteiger partial charge in [0.2, 0.25) is 11.8 Å². The van der Waals surface area contributed by atoms with E-state index in [1.165, 1.54) is 23.9 Å². The van der Waals surface area contributed by atoms with E-state index in [-0.39, 0.29) is 23.5 Å². The van der Waals surface area contributed by atoms with Crippen molar-refractivity contribution in [2.24, 2.45) is 5.92 Å². The molecule has 1 heterocycles. The van der Waals surface area contributed by atoms with Crippen LogP contribution in [0.25, 0.3) is 0 Å². The summed E-state index contributed by atoms with van der Waals surface area (Å²) in [7, 11) is 0. The van der Waals surface area contributed by atoms with Gasteiger partial charge in [-0.25, -0.2) is 8.78 Å². The van der Waals surface area contributed by atoms with Crippen LogP contribution in [-0.2, 0) is 9.59 Å². The van der Waals surface area contributed by atoms with E-state index < -0.39 is 17.0 Å². The second-order valence-electron chi connectivity index (χ2n) is 6.11. The van der Waals surface area contributed by atoms with Crippen molar-refractivity contribution in [2.75, 3.05) is 25.4 Å². The molecule has 1 aliphatic heterocycles. The Hall–Kier alpha value is -1.63. The fourth-order valence-electron chi connectivity index (χ4n) is 2.90. The standard InChI is InChI=1S/C17H20F2N2O2S/c1-2-20(16(23)11-3-4-11)7-8-21-15(22)10-24-17(21)13-6-5-12(18)9-14(13)19/h5-6,9,11,17H,2-4,7-8,10H2,1H3/t17-/m1/s1. The monoisotopic (exact) mass is 354 g/mol. The number of rotatable bonds is 6. The maximum atomic E-state index is 14.1. The molecule has 0 bridgehead atoms. The lowest BCUT2D eigenvalue weighted by Crippen LogP contribution is -2.40. The molecule has 2 amide bonds. The van der Waals surface area contributed by atoms with Crippen LogP contribution in [0.5, 0.6) is 0 Å². The molecule has 130 valence electrons. The number of hydrogen-bond donors (Lipinski definition) is 0. The number of halogens is 2. The van der Waals surface area contributed by atoms with E-state index in [0.29, 0.717) is 25.2 Å². The Balaban J connectivity index is 1.70. The molecule has 1 aromatic rings. The maximum absolute atomic E-state index is 14.1. The molecule has 0 spiro atoms. The summed E-state index contributed by atoms with van der Waals surface area (Å²) in [6.07, 6.45) is 1.88. The molecule has 2 aliphatic rings. The van der Waals surface area contributed by atoms with E-state index in [1.807, 2.05) is 6.92 Å². The zero-order chi connectivity index (χ0) is 17.3. The number of likely N-dealkylation sites (N-methyl/N-ethyl adjacent to an activating group) is 1. The van der Waals surface area contributed by atoms with Crippen molar-refractivity contribution in [3.05, 3.63) is 35.4 Å². The summed E-state index contributed by atoms with van der Waals surface area (Å²) in [5.74, 6) is -0.814. The lowest BCUT2D eigenvalue weighted by molar-refractivity contribution is -0.134. The minimum Gasteiger partial charge on any atom is -0.341 e. The van der Waals surface area contributed by atoms with Gasteiger partial charge in [0.25, 0.3) is 0 Å². The first-order valence-corrected chi connectivity index (χ1v) is 9.21. The van der Waals surface area contributed by atoms with Crippen molar-refractivity contribution in [2.45, 2.75) is 25.1 Å². The third-order valence-corrected chi connectivity index (χ3v) is 5.67. The summed E-state index contributed by atoms with van der Waals surface area (Å²) in [5, 5.41) is -0.465. The summed E-state index contributed by atoms with van der Waals surface area (Å²) < 4.78 is 27.2. The third kappa shape index (κ3) is 3.55. The molecular formula is C17H20F2N2O2S. The molecule has 0 radical (unpaired) electrons. The van der Waals surface area contributed by atoms with Crippen molar-refractivity contribution in [1.82, 2.24) is 9.80 Å². The van der Waals surface area contributed by atoms with Crippen molar-refractivity contribution in [3.63, 3.8) is 0 Å². The Morgan fingerprint density at radius 1 is 1.38 bits per heavy atom. The fraction of sp³-hybridized carbons (Fsp3) is 0.529. The van der Waals surface area contributed by atoms with Gasteiger partial charge < -0.3 is 9.80 Å². The number of nitrogens with zero attached hydrogens (tertiary/aromatic N) is 2. The largest absolute Gasteiger partial charge is 0.341 e. The number of amides is 2. The molecule has 1 atom stereocenters. The van der Waals surface area contributed by atoms with Gasteiger partial charge in [-0.2, -0.15) is 0 Å². The van der Waals surface area contributed by atoms with Gasteiger partial charge in [0.05, 0.1) is 5.75 Å². The molecule has 1 aromatic carbocycles. The second-order valence-corrected chi connectivity index (χ2v) is 7.18. The average molecular weight is 354 g/mol. The van der Waals surface area contributed by atoms with Crippen LogP contribution in [-0.4, -0.2) is 47.0 Å². The van der Waals surface area contributed by atoms with Crippen LogP contribution in [0.4, 0.5) is 8.78 Å². The van der Waals surface area contributed by atoms with Gasteiger partial charge in [-0.1, -0.05) is 6.07 Å². The molecule has 24 heavy (non-hydrogen) atoms. The highest BCUT2D eigenvalue weighted by atomic mass is 32.2. The quantitative estimate of drug-likeness (QED) is 0.789. The van der Waals surface area contributed by atoms with Crippen LogP contribution in [0, 0.1) is 17.6 Å². The highest BCUT2D eigenvalue weighted by Crippen LogP contribution is 2.39. The first kappa shape index (κ1) is 17.2. The Kier molecular flexibility index (Phi) is 5.08. The van der Waals surface area contributed by atoms with Crippen molar-refractivity contribution in [1.29, 1.82) is 0 Å². The predicted molar refractivity (Wildman–Crippen MR) is 88.2 cm³/mol. The molecular weight excluding hydrogens is 334 g/mol. The molecule has 0 aromatic heterocycles. The zero-order valence-corrected chi connectivity index (χ0v) is 14.3. The summed E-state index contributed by atoms with van der Waals surface area (Å²) in [6, 6.07) is 3.43. The van der Waals surface area contributed by atoms with Gasteiger partial charge in [-0.3, -0.25) is 9.59 Å². The fourth-order valence-corrected chi connectivity index (χ4v) is 4.14. The normalized spacial score (nSPS) is 20.5. The van der Waals surface area contributed by atoms with Gasteiger partial charge >= 0.3 is 0 Å². The third-order valence-electron chi connectivity index (χ3n) is 4.43. The number of carbonyl (C=O) groups excluding carboxylic acids is 2. The van der Waals surface area contributed by atoms with Crippen molar-refractivity contribution < 1.29 is 18.4 Å². The Morgan fingerprint density at radius 3 is 2.75 bits per heavy atom. The van der Waals surface area contributed by atoms with E-state index in [0.717, 1.165) is 18.9 Å². The maximum Gasteiger partial charge on any atom is 0.233 e. The highest BCUT2D eigenvalue weighted by molar-refractivity contribution is 8.00. The van der Waals surface area contributed by atoms with Crippen LogP contribution >= 0.6 is 11.8 Å². The molecule has 3 rings (SSSR count). The zero-order valence-electron chi connectivity index (χ0n) is 13.5. The average Bonchev–Trinajstić information content (AvgIpc) is 3.33. The van der Waals surface area contributed by atoms with E-state index >= 15 is 0 Å². The minimum absolute atomic E-state index is 0.0800. The van der Waals surface area contributed by atoms with Gasteiger partial charge in [0, 0.05) is 37.2 Å². The SMILES string of the molecule is CCN(CCN1C(=O)CS[C@@H]1c1ccc(F)cc1F)C(=O)C1CC1. The highest BCUT2D eigenvalue weighted by Gasteiger charge is 2.36. The molecule has 7 heteroatoms. The van der Waals surface area contributed by atoms with Crippen LogP contribution in [0.3, 0.4) is 0 Å². The van der Waals surface area contributed by atoms with Crippen LogP contribution in [0.2, 0.25) is 0 Å². The van der Waals surface area contributed by atoms with E-state index in [9.17, 15) is 18.4 Å². The molecule has 0 N–H and O–H groups in total. The molecule has 1 saturated carbocycles. The smallest absolute Gasteiger partial charge is 0.233 e. The molecule has 2 fully saturated rings. The Bertz CT molecular complexity index is 651. The summed E-state index contributed by atoms with van der Waals surface area (Å²) >= 11 is 1.33. The molecule has 0 unspecified atom stereocenters. The number of thioether (sulfide) groups is 1. The van der Waals surface area contributed by atoms with Gasteiger partial charge in [0.15, 0.2) is 0 Å². The van der Waals surface area contributed by atoms with Crippen molar-refractivity contribution >= 4 is 23.6 Å². The summed E-state index contributed by atoms with van der Waals surface area (Å²) in [6.45, 7) is 3.31. The molecule has 1 aliphatic carbocycles. The van der Waals surface area contributed by atoms with Crippen LogP contribution < -0.4 is 0 Å². The summed E-state index contributed by atoms with van der Waals surface area (Å²) in [4.78, 5) is 27.7. The van der Waals surface area contributed by atoms with Gasteiger partial charge in [0.1, 0.15) is 17.0 Å². The van der Waals surface area contributed by atoms with E-state index in [1.54, 1.807) is 9.80 Å². The number of hydrogen-bond acceptors (Lipinski definition) is 3. The molecule has 1 saturated heterocycles. The Morgan fingerprint density at radius 2 is 2.12 bits per heavy atom. The van der Waals surface area contributed by atoms with E-state index in [2.05, 4.69) is 0 Å². The second kappa shape index (κ2) is 7.09.